The van der Waals surface area contributed by atoms with Crippen LogP contribution in [-0.2, 0) is 0 Å². The van der Waals surface area contributed by atoms with Gasteiger partial charge >= 0.3 is 0 Å². The SMILES string of the molecule is CCCCCC1CCC(CCC2CCC3CC(c4ccc(OCC)cc4F)CCC3C2)CC1. The van der Waals surface area contributed by atoms with Gasteiger partial charge in [-0.3, -0.25) is 0 Å². The molecule has 3 fully saturated rings. The minimum atomic E-state index is -0.0572. The van der Waals surface area contributed by atoms with Crippen molar-refractivity contribution in [1.82, 2.24) is 0 Å². The molecule has 4 unspecified atom stereocenters. The molecule has 0 aliphatic heterocycles. The molecule has 1 nitrogen and oxygen atoms in total. The summed E-state index contributed by atoms with van der Waals surface area (Å²) in [5.41, 5.74) is 0.935. The van der Waals surface area contributed by atoms with Gasteiger partial charge in [-0.15, -0.1) is 0 Å². The van der Waals surface area contributed by atoms with E-state index < -0.39 is 0 Å². The third kappa shape index (κ3) is 6.98. The zero-order valence-electron chi connectivity index (χ0n) is 21.5. The Bertz CT molecular complexity index is 707. The highest BCUT2D eigenvalue weighted by Gasteiger charge is 2.36. The van der Waals surface area contributed by atoms with Gasteiger partial charge in [-0.2, -0.15) is 0 Å². The highest BCUT2D eigenvalue weighted by molar-refractivity contribution is 5.31. The van der Waals surface area contributed by atoms with Crippen molar-refractivity contribution in [2.24, 2.45) is 29.6 Å². The Balaban J connectivity index is 1.18. The first-order chi connectivity index (χ1) is 16.2. The molecule has 33 heavy (non-hydrogen) atoms. The van der Waals surface area contributed by atoms with Crippen LogP contribution in [0.4, 0.5) is 4.39 Å². The number of unbranched alkanes of at least 4 members (excludes halogenated alkanes) is 2. The van der Waals surface area contributed by atoms with Crippen LogP contribution in [0.1, 0.15) is 128 Å². The highest BCUT2D eigenvalue weighted by Crippen LogP contribution is 2.49. The third-order valence-electron chi connectivity index (χ3n) is 9.61. The fourth-order valence-electron chi connectivity index (χ4n) is 7.59. The molecule has 3 aliphatic rings. The van der Waals surface area contributed by atoms with E-state index in [9.17, 15) is 4.39 Å². The molecule has 0 radical (unpaired) electrons. The zero-order valence-corrected chi connectivity index (χ0v) is 21.5. The number of ether oxygens (including phenoxy) is 1. The largest absolute Gasteiger partial charge is 0.494 e. The fraction of sp³-hybridized carbons (Fsp3) is 0.806. The Morgan fingerprint density at radius 3 is 2.15 bits per heavy atom. The molecular formula is C31H49FO. The standard InChI is InChI=1S/C31H49FO/c1-3-5-6-7-23-8-10-24(11-9-23)12-13-25-14-15-27-21-28(17-16-26(27)20-25)30-19-18-29(33-4-2)22-31(30)32/h18-19,22-28H,3-17,20-21H2,1-2H3. The van der Waals surface area contributed by atoms with Crippen LogP contribution in [0.2, 0.25) is 0 Å². The lowest BCUT2D eigenvalue weighted by molar-refractivity contribution is 0.108. The van der Waals surface area contributed by atoms with Gasteiger partial charge in [0.2, 0.25) is 0 Å². The van der Waals surface area contributed by atoms with E-state index in [0.717, 1.165) is 35.2 Å². The van der Waals surface area contributed by atoms with Gasteiger partial charge in [-0.1, -0.05) is 83.6 Å². The molecule has 1 aromatic carbocycles. The summed E-state index contributed by atoms with van der Waals surface area (Å²) in [6.07, 6.45) is 22.7. The van der Waals surface area contributed by atoms with Crippen molar-refractivity contribution in [3.63, 3.8) is 0 Å². The van der Waals surface area contributed by atoms with Crippen molar-refractivity contribution in [2.45, 2.75) is 122 Å². The molecule has 3 saturated carbocycles. The Kier molecular flexibility index (Phi) is 9.56. The lowest BCUT2D eigenvalue weighted by Crippen LogP contribution is -2.31. The van der Waals surface area contributed by atoms with E-state index in [1.807, 2.05) is 19.1 Å². The summed E-state index contributed by atoms with van der Waals surface area (Å²) in [6, 6.07) is 5.56. The summed E-state index contributed by atoms with van der Waals surface area (Å²) >= 11 is 0. The second-order valence-corrected chi connectivity index (χ2v) is 11.8. The maximum atomic E-state index is 14.7. The summed E-state index contributed by atoms with van der Waals surface area (Å²) in [7, 11) is 0. The van der Waals surface area contributed by atoms with Gasteiger partial charge in [0.15, 0.2) is 0 Å². The monoisotopic (exact) mass is 456 g/mol. The molecule has 4 atom stereocenters. The van der Waals surface area contributed by atoms with Crippen molar-refractivity contribution >= 4 is 0 Å². The van der Waals surface area contributed by atoms with Crippen molar-refractivity contribution in [3.05, 3.63) is 29.6 Å². The average molecular weight is 457 g/mol. The Morgan fingerprint density at radius 1 is 0.758 bits per heavy atom. The lowest BCUT2D eigenvalue weighted by Gasteiger charge is -2.43. The summed E-state index contributed by atoms with van der Waals surface area (Å²) in [5.74, 6) is 5.76. The van der Waals surface area contributed by atoms with Gasteiger partial charge in [-0.25, -0.2) is 4.39 Å². The summed E-state index contributed by atoms with van der Waals surface area (Å²) in [6.45, 7) is 4.86. The van der Waals surface area contributed by atoms with Crippen LogP contribution in [0.3, 0.4) is 0 Å². The molecule has 0 amide bonds. The van der Waals surface area contributed by atoms with Crippen molar-refractivity contribution in [1.29, 1.82) is 0 Å². The van der Waals surface area contributed by atoms with Crippen LogP contribution in [0.25, 0.3) is 0 Å². The van der Waals surface area contributed by atoms with Crippen molar-refractivity contribution in [2.75, 3.05) is 6.61 Å². The number of benzene rings is 1. The maximum Gasteiger partial charge on any atom is 0.130 e. The first-order valence-corrected chi connectivity index (χ1v) is 14.6. The fourth-order valence-corrected chi connectivity index (χ4v) is 7.59. The summed E-state index contributed by atoms with van der Waals surface area (Å²) in [5, 5.41) is 0. The van der Waals surface area contributed by atoms with E-state index in [-0.39, 0.29) is 5.82 Å². The van der Waals surface area contributed by atoms with Gasteiger partial charge in [0.25, 0.3) is 0 Å². The number of halogens is 1. The molecular weight excluding hydrogens is 407 g/mol. The van der Waals surface area contributed by atoms with Crippen LogP contribution in [0.5, 0.6) is 5.75 Å². The minimum absolute atomic E-state index is 0.0572. The molecule has 186 valence electrons. The van der Waals surface area contributed by atoms with Crippen LogP contribution in [0.15, 0.2) is 18.2 Å². The predicted molar refractivity (Wildman–Crippen MR) is 137 cm³/mol. The molecule has 3 aliphatic carbocycles. The van der Waals surface area contributed by atoms with Gasteiger partial charge in [0.05, 0.1) is 6.61 Å². The van der Waals surface area contributed by atoms with Crippen LogP contribution >= 0.6 is 0 Å². The van der Waals surface area contributed by atoms with Gasteiger partial charge < -0.3 is 4.74 Å². The minimum Gasteiger partial charge on any atom is -0.494 e. The first-order valence-electron chi connectivity index (χ1n) is 14.6. The second kappa shape index (κ2) is 12.6. The Hall–Kier alpha value is -1.05. The maximum absolute atomic E-state index is 14.7. The van der Waals surface area contributed by atoms with Crippen LogP contribution in [-0.4, -0.2) is 6.61 Å². The average Bonchev–Trinajstić information content (AvgIpc) is 2.84. The van der Waals surface area contributed by atoms with E-state index in [1.165, 1.54) is 103 Å². The summed E-state index contributed by atoms with van der Waals surface area (Å²) in [4.78, 5) is 0. The predicted octanol–water partition coefficient (Wildman–Crippen LogP) is 9.69. The Labute approximate surface area is 203 Å². The van der Waals surface area contributed by atoms with E-state index >= 15 is 0 Å². The Morgan fingerprint density at radius 2 is 1.42 bits per heavy atom. The van der Waals surface area contributed by atoms with Gasteiger partial charge in [0.1, 0.15) is 11.6 Å². The van der Waals surface area contributed by atoms with Gasteiger partial charge in [0, 0.05) is 6.07 Å². The van der Waals surface area contributed by atoms with Crippen LogP contribution < -0.4 is 4.74 Å². The molecule has 0 bridgehead atoms. The molecule has 0 heterocycles. The van der Waals surface area contributed by atoms with Crippen molar-refractivity contribution in [3.8, 4) is 5.75 Å². The van der Waals surface area contributed by atoms with E-state index in [2.05, 4.69) is 6.92 Å². The number of hydrogen-bond donors (Lipinski definition) is 0. The smallest absolute Gasteiger partial charge is 0.130 e. The van der Waals surface area contributed by atoms with Gasteiger partial charge in [-0.05, 0) is 86.2 Å². The zero-order chi connectivity index (χ0) is 23.0. The summed E-state index contributed by atoms with van der Waals surface area (Å²) < 4.78 is 20.2. The number of rotatable bonds is 10. The second-order valence-electron chi connectivity index (χ2n) is 11.8. The normalized spacial score (nSPS) is 32.3. The molecule has 0 aromatic heterocycles. The van der Waals surface area contributed by atoms with Crippen LogP contribution in [0, 0.1) is 35.4 Å². The molecule has 0 spiro atoms. The molecule has 0 N–H and O–H groups in total. The van der Waals surface area contributed by atoms with E-state index in [0.29, 0.717) is 18.3 Å². The molecule has 4 rings (SSSR count). The molecule has 1 aromatic rings. The third-order valence-corrected chi connectivity index (χ3v) is 9.61. The quantitative estimate of drug-likeness (QED) is 0.318. The first kappa shape index (κ1) is 25.1. The number of hydrogen-bond acceptors (Lipinski definition) is 1. The highest BCUT2D eigenvalue weighted by atomic mass is 19.1. The van der Waals surface area contributed by atoms with Crippen molar-refractivity contribution < 1.29 is 9.13 Å². The topological polar surface area (TPSA) is 9.23 Å². The lowest BCUT2D eigenvalue weighted by atomic mass is 9.63. The molecule has 0 saturated heterocycles. The number of fused-ring (bicyclic) bond motifs is 1. The van der Waals surface area contributed by atoms with E-state index in [4.69, 9.17) is 4.74 Å². The molecule has 2 heteroatoms. The van der Waals surface area contributed by atoms with E-state index in [1.54, 1.807) is 6.07 Å².